The lowest BCUT2D eigenvalue weighted by Crippen LogP contribution is -2.18. The van der Waals surface area contributed by atoms with Gasteiger partial charge in [0.05, 0.1) is 0 Å². The lowest BCUT2D eigenvalue weighted by atomic mass is 9.98. The van der Waals surface area contributed by atoms with Gasteiger partial charge in [-0.05, 0) is 25.2 Å². The van der Waals surface area contributed by atoms with E-state index in [1.807, 2.05) is 6.92 Å². The molecule has 3 N–H and O–H groups in total. The summed E-state index contributed by atoms with van der Waals surface area (Å²) in [5.41, 5.74) is 6.88. The molecule has 0 bridgehead atoms. The zero-order chi connectivity index (χ0) is 13.7. The summed E-state index contributed by atoms with van der Waals surface area (Å²) in [4.78, 5) is 8.86. The van der Waals surface area contributed by atoms with E-state index in [4.69, 9.17) is 5.73 Å². The molecule has 4 nitrogen and oxygen atoms in total. The predicted octanol–water partition coefficient (Wildman–Crippen LogP) is 3.02. The molecule has 1 heterocycles. The summed E-state index contributed by atoms with van der Waals surface area (Å²) in [6.07, 6.45) is 1.91. The number of nitrogens with zero attached hydrogens (tertiary/aromatic N) is 2. The molecule has 0 aliphatic rings. The summed E-state index contributed by atoms with van der Waals surface area (Å²) in [6.45, 7) is 11.7. The number of hydrogen-bond acceptors (Lipinski definition) is 4. The van der Waals surface area contributed by atoms with Crippen LogP contribution in [0.5, 0.6) is 0 Å². The van der Waals surface area contributed by atoms with Crippen LogP contribution >= 0.6 is 0 Å². The Hall–Kier alpha value is -1.32. The van der Waals surface area contributed by atoms with Gasteiger partial charge in [0.25, 0.3) is 0 Å². The van der Waals surface area contributed by atoms with Crippen LogP contribution in [-0.4, -0.2) is 16.5 Å². The largest absolute Gasteiger partial charge is 0.383 e. The molecule has 1 aromatic heterocycles. The molecule has 4 heteroatoms. The molecule has 0 spiro atoms. The van der Waals surface area contributed by atoms with Gasteiger partial charge >= 0.3 is 0 Å². The first-order valence-electron chi connectivity index (χ1n) is 6.82. The van der Waals surface area contributed by atoms with Crippen LogP contribution in [0.25, 0.3) is 0 Å². The lowest BCUT2D eigenvalue weighted by Gasteiger charge is -2.18. The van der Waals surface area contributed by atoms with Crippen molar-refractivity contribution in [3.05, 3.63) is 11.4 Å². The van der Waals surface area contributed by atoms with E-state index in [1.165, 1.54) is 0 Å². The van der Waals surface area contributed by atoms with Crippen molar-refractivity contribution in [3.63, 3.8) is 0 Å². The minimum atomic E-state index is 0.591. The minimum absolute atomic E-state index is 0.591. The molecule has 0 aliphatic carbocycles. The molecular weight excluding hydrogens is 224 g/mol. The maximum Gasteiger partial charge on any atom is 0.134 e. The van der Waals surface area contributed by atoms with Crippen molar-refractivity contribution in [2.75, 3.05) is 17.6 Å². The zero-order valence-corrected chi connectivity index (χ0v) is 12.2. The lowest BCUT2D eigenvalue weighted by molar-refractivity contribution is 0.439. The molecule has 0 saturated carbocycles. The molecule has 0 amide bonds. The summed E-state index contributed by atoms with van der Waals surface area (Å²) in [7, 11) is 0. The molecule has 102 valence electrons. The van der Waals surface area contributed by atoms with Crippen molar-refractivity contribution in [1.82, 2.24) is 9.97 Å². The van der Waals surface area contributed by atoms with Crippen LogP contribution in [0.2, 0.25) is 0 Å². The van der Waals surface area contributed by atoms with Crippen molar-refractivity contribution in [1.29, 1.82) is 0 Å². The summed E-state index contributed by atoms with van der Waals surface area (Å²) in [5, 5.41) is 3.40. The van der Waals surface area contributed by atoms with E-state index < -0.39 is 0 Å². The minimum Gasteiger partial charge on any atom is -0.383 e. The number of anilines is 2. The number of rotatable bonds is 6. The summed E-state index contributed by atoms with van der Waals surface area (Å²) in [5.74, 6) is 3.58. The Morgan fingerprint density at radius 1 is 1.22 bits per heavy atom. The van der Waals surface area contributed by atoms with E-state index in [0.29, 0.717) is 17.7 Å². The average Bonchev–Trinajstić information content (AvgIpc) is 2.31. The van der Waals surface area contributed by atoms with Crippen molar-refractivity contribution < 1.29 is 0 Å². The third-order valence-electron chi connectivity index (χ3n) is 3.43. The standard InChI is InChI=1S/C14H26N4/c1-6-7-12-17-13(15)11(5)14(18-12)16-8-10(4)9(2)3/h9-10H,6-8H2,1-5H3,(H3,15,16,17,18). The molecule has 1 rings (SSSR count). The summed E-state index contributed by atoms with van der Waals surface area (Å²) in [6, 6.07) is 0. The highest BCUT2D eigenvalue weighted by molar-refractivity contribution is 5.54. The molecule has 0 radical (unpaired) electrons. The Morgan fingerprint density at radius 3 is 2.44 bits per heavy atom. The molecule has 0 saturated heterocycles. The van der Waals surface area contributed by atoms with Crippen molar-refractivity contribution >= 4 is 11.6 Å². The van der Waals surface area contributed by atoms with Crippen LogP contribution in [0.4, 0.5) is 11.6 Å². The normalized spacial score (nSPS) is 12.8. The Bertz CT molecular complexity index is 388. The average molecular weight is 250 g/mol. The topological polar surface area (TPSA) is 63.8 Å². The molecule has 0 fully saturated rings. The van der Waals surface area contributed by atoms with Crippen LogP contribution in [-0.2, 0) is 6.42 Å². The van der Waals surface area contributed by atoms with E-state index in [-0.39, 0.29) is 0 Å². The molecular formula is C14H26N4. The highest BCUT2D eigenvalue weighted by atomic mass is 15.1. The second kappa shape index (κ2) is 6.57. The maximum absolute atomic E-state index is 5.93. The number of hydrogen-bond donors (Lipinski definition) is 2. The number of nitrogen functional groups attached to an aromatic ring is 1. The smallest absolute Gasteiger partial charge is 0.134 e. The monoisotopic (exact) mass is 250 g/mol. The van der Waals surface area contributed by atoms with Crippen LogP contribution in [0.3, 0.4) is 0 Å². The molecule has 1 aromatic rings. The maximum atomic E-state index is 5.93. The first-order chi connectivity index (χ1) is 8.45. The van der Waals surface area contributed by atoms with E-state index in [2.05, 4.69) is 43.0 Å². The summed E-state index contributed by atoms with van der Waals surface area (Å²) >= 11 is 0. The number of nitrogens with two attached hydrogens (primary N) is 1. The predicted molar refractivity (Wildman–Crippen MR) is 77.7 cm³/mol. The van der Waals surface area contributed by atoms with Gasteiger partial charge in [-0.3, -0.25) is 0 Å². The molecule has 0 aromatic carbocycles. The number of nitrogens with one attached hydrogen (secondary N) is 1. The highest BCUT2D eigenvalue weighted by Gasteiger charge is 2.11. The van der Waals surface area contributed by atoms with Crippen LogP contribution in [0.15, 0.2) is 0 Å². The van der Waals surface area contributed by atoms with Crippen LogP contribution in [0.1, 0.15) is 45.5 Å². The Labute approximate surface area is 110 Å². The Balaban J connectivity index is 2.80. The first-order valence-corrected chi connectivity index (χ1v) is 6.82. The van der Waals surface area contributed by atoms with Crippen molar-refractivity contribution in [3.8, 4) is 0 Å². The number of aryl methyl sites for hydroxylation is 1. The van der Waals surface area contributed by atoms with Gasteiger partial charge in [-0.2, -0.15) is 0 Å². The van der Waals surface area contributed by atoms with Gasteiger partial charge in [0.15, 0.2) is 0 Å². The van der Waals surface area contributed by atoms with Crippen LogP contribution < -0.4 is 11.1 Å². The highest BCUT2D eigenvalue weighted by Crippen LogP contribution is 2.19. The molecule has 18 heavy (non-hydrogen) atoms. The van der Waals surface area contributed by atoms with E-state index in [0.717, 1.165) is 36.6 Å². The van der Waals surface area contributed by atoms with Crippen molar-refractivity contribution in [2.45, 2.75) is 47.5 Å². The van der Waals surface area contributed by atoms with Crippen LogP contribution in [0, 0.1) is 18.8 Å². The molecule has 1 atom stereocenters. The van der Waals surface area contributed by atoms with E-state index in [9.17, 15) is 0 Å². The van der Waals surface area contributed by atoms with Gasteiger partial charge in [0.2, 0.25) is 0 Å². The second-order valence-electron chi connectivity index (χ2n) is 5.35. The quantitative estimate of drug-likeness (QED) is 0.814. The zero-order valence-electron chi connectivity index (χ0n) is 12.2. The third-order valence-corrected chi connectivity index (χ3v) is 3.43. The molecule has 0 aliphatic heterocycles. The second-order valence-corrected chi connectivity index (χ2v) is 5.35. The fraction of sp³-hybridized carbons (Fsp3) is 0.714. The van der Waals surface area contributed by atoms with E-state index >= 15 is 0 Å². The van der Waals surface area contributed by atoms with Gasteiger partial charge in [-0.15, -0.1) is 0 Å². The van der Waals surface area contributed by atoms with Gasteiger partial charge in [0.1, 0.15) is 17.5 Å². The van der Waals surface area contributed by atoms with Gasteiger partial charge in [-0.1, -0.05) is 27.7 Å². The third kappa shape index (κ3) is 3.86. The van der Waals surface area contributed by atoms with Gasteiger partial charge < -0.3 is 11.1 Å². The van der Waals surface area contributed by atoms with Gasteiger partial charge in [0, 0.05) is 18.5 Å². The Kier molecular flexibility index (Phi) is 5.38. The SMILES string of the molecule is CCCc1nc(N)c(C)c(NCC(C)C(C)C)n1. The molecule has 1 unspecified atom stereocenters. The summed E-state index contributed by atoms with van der Waals surface area (Å²) < 4.78 is 0. The van der Waals surface area contributed by atoms with Crippen molar-refractivity contribution in [2.24, 2.45) is 11.8 Å². The fourth-order valence-corrected chi connectivity index (χ4v) is 1.58. The van der Waals surface area contributed by atoms with Gasteiger partial charge in [-0.25, -0.2) is 9.97 Å². The number of aromatic nitrogens is 2. The first kappa shape index (κ1) is 14.7. The van der Waals surface area contributed by atoms with E-state index in [1.54, 1.807) is 0 Å². The Morgan fingerprint density at radius 2 is 1.89 bits per heavy atom. The fourth-order valence-electron chi connectivity index (χ4n) is 1.58.